The van der Waals surface area contributed by atoms with Crippen molar-refractivity contribution in [1.82, 2.24) is 9.62 Å². The number of halogens is 1. The summed E-state index contributed by atoms with van der Waals surface area (Å²) in [5, 5.41) is 2.77. The standard InChI is InChI=1S/C11H13BrN2O3S2/c12-9-3-4-10(18-9)19(16,17)14-5-1-2-7-8(14)6-13-11(7)15/h3-4,7-8H,1-2,5-6H2,(H,13,15). The van der Waals surface area contributed by atoms with Crippen molar-refractivity contribution in [2.45, 2.75) is 23.1 Å². The van der Waals surface area contributed by atoms with Crippen molar-refractivity contribution in [2.24, 2.45) is 5.92 Å². The fraction of sp³-hybridized carbons (Fsp3) is 0.545. The van der Waals surface area contributed by atoms with Crippen molar-refractivity contribution in [2.75, 3.05) is 13.1 Å². The normalized spacial score (nSPS) is 28.2. The molecule has 2 saturated heterocycles. The smallest absolute Gasteiger partial charge is 0.252 e. The average molecular weight is 365 g/mol. The summed E-state index contributed by atoms with van der Waals surface area (Å²) in [6, 6.07) is 3.11. The van der Waals surface area contributed by atoms with Crippen LogP contribution in [0.5, 0.6) is 0 Å². The summed E-state index contributed by atoms with van der Waals surface area (Å²) in [5.74, 6) is -0.204. The lowest BCUT2D eigenvalue weighted by atomic mass is 9.93. The molecular weight excluding hydrogens is 352 g/mol. The number of nitrogens with one attached hydrogen (secondary N) is 1. The summed E-state index contributed by atoms with van der Waals surface area (Å²) in [5.41, 5.74) is 0. The zero-order valence-corrected chi connectivity index (χ0v) is 13.2. The van der Waals surface area contributed by atoms with Gasteiger partial charge < -0.3 is 5.32 Å². The number of rotatable bonds is 2. The number of nitrogens with zero attached hydrogens (tertiary/aromatic N) is 1. The van der Waals surface area contributed by atoms with Crippen LogP contribution < -0.4 is 5.32 Å². The topological polar surface area (TPSA) is 66.5 Å². The van der Waals surface area contributed by atoms with E-state index in [1.807, 2.05) is 0 Å². The van der Waals surface area contributed by atoms with Crippen molar-refractivity contribution in [1.29, 1.82) is 0 Å². The first kappa shape index (κ1) is 13.5. The van der Waals surface area contributed by atoms with Gasteiger partial charge in [0.1, 0.15) is 4.21 Å². The van der Waals surface area contributed by atoms with Gasteiger partial charge in [0.2, 0.25) is 5.91 Å². The zero-order chi connectivity index (χ0) is 13.6. The van der Waals surface area contributed by atoms with E-state index in [0.717, 1.165) is 16.6 Å². The van der Waals surface area contributed by atoms with Gasteiger partial charge in [-0.2, -0.15) is 4.31 Å². The molecule has 104 valence electrons. The molecule has 3 heterocycles. The minimum absolute atomic E-state index is 0.0164. The molecule has 1 amide bonds. The Kier molecular flexibility index (Phi) is 3.45. The van der Waals surface area contributed by atoms with Gasteiger partial charge in [-0.3, -0.25) is 4.79 Å². The molecule has 2 unspecified atom stereocenters. The SMILES string of the molecule is O=C1NCC2C1CCCN2S(=O)(=O)c1ccc(Br)s1. The Morgan fingerprint density at radius 3 is 2.89 bits per heavy atom. The number of piperidine rings is 1. The molecule has 8 heteroatoms. The van der Waals surface area contributed by atoms with Crippen LogP contribution in [0, 0.1) is 5.92 Å². The summed E-state index contributed by atoms with van der Waals surface area (Å²) >= 11 is 4.49. The Bertz CT molecular complexity index is 613. The maximum Gasteiger partial charge on any atom is 0.252 e. The number of thiophene rings is 1. The van der Waals surface area contributed by atoms with Gasteiger partial charge in [-0.05, 0) is 40.9 Å². The lowest BCUT2D eigenvalue weighted by Gasteiger charge is -2.34. The number of carbonyl (C=O) groups excluding carboxylic acids is 1. The van der Waals surface area contributed by atoms with E-state index >= 15 is 0 Å². The number of carbonyl (C=O) groups is 1. The maximum atomic E-state index is 12.6. The Hall–Kier alpha value is -0.440. The molecule has 1 aromatic heterocycles. The monoisotopic (exact) mass is 364 g/mol. The summed E-state index contributed by atoms with van der Waals surface area (Å²) in [7, 11) is -3.49. The van der Waals surface area contributed by atoms with Gasteiger partial charge in [-0.25, -0.2) is 8.42 Å². The van der Waals surface area contributed by atoms with Gasteiger partial charge in [0.05, 0.1) is 15.7 Å². The minimum atomic E-state index is -3.49. The Morgan fingerprint density at radius 2 is 2.21 bits per heavy atom. The van der Waals surface area contributed by atoms with Crippen LogP contribution in [0.3, 0.4) is 0 Å². The third-order valence-electron chi connectivity index (χ3n) is 3.66. The lowest BCUT2D eigenvalue weighted by molar-refractivity contribution is -0.123. The molecule has 0 aliphatic carbocycles. The van der Waals surface area contributed by atoms with E-state index in [2.05, 4.69) is 21.2 Å². The van der Waals surface area contributed by atoms with Crippen molar-refractivity contribution >= 4 is 43.2 Å². The summed E-state index contributed by atoms with van der Waals surface area (Å²) in [6.45, 7) is 0.920. The lowest BCUT2D eigenvalue weighted by Crippen LogP contribution is -2.48. The van der Waals surface area contributed by atoms with Crippen molar-refractivity contribution in [3.05, 3.63) is 15.9 Å². The highest BCUT2D eigenvalue weighted by molar-refractivity contribution is 9.11. The Balaban J connectivity index is 1.95. The van der Waals surface area contributed by atoms with Crippen LogP contribution in [0.1, 0.15) is 12.8 Å². The number of amides is 1. The second-order valence-electron chi connectivity index (χ2n) is 4.74. The summed E-state index contributed by atoms with van der Waals surface area (Å²) in [6.07, 6.45) is 1.51. The van der Waals surface area contributed by atoms with Crippen LogP contribution in [0.15, 0.2) is 20.1 Å². The van der Waals surface area contributed by atoms with Gasteiger partial charge >= 0.3 is 0 Å². The molecular formula is C11H13BrN2O3S2. The molecule has 0 saturated carbocycles. The molecule has 0 spiro atoms. The van der Waals surface area contributed by atoms with E-state index < -0.39 is 10.0 Å². The molecule has 1 N–H and O–H groups in total. The molecule has 1 aromatic rings. The molecule has 0 aromatic carbocycles. The minimum Gasteiger partial charge on any atom is -0.354 e. The number of fused-ring (bicyclic) bond motifs is 1. The van der Waals surface area contributed by atoms with Gasteiger partial charge in [0.25, 0.3) is 10.0 Å². The quantitative estimate of drug-likeness (QED) is 0.862. The highest BCUT2D eigenvalue weighted by atomic mass is 79.9. The van der Waals surface area contributed by atoms with Gasteiger partial charge in [0.15, 0.2) is 0 Å². The van der Waals surface area contributed by atoms with Crippen LogP contribution in [0.25, 0.3) is 0 Å². The highest BCUT2D eigenvalue weighted by Crippen LogP contribution is 2.35. The first-order chi connectivity index (χ1) is 9.00. The van der Waals surface area contributed by atoms with E-state index in [0.29, 0.717) is 17.3 Å². The van der Waals surface area contributed by atoms with Crippen molar-refractivity contribution < 1.29 is 13.2 Å². The molecule has 2 fully saturated rings. The Labute approximate surface area is 124 Å². The first-order valence-corrected chi connectivity index (χ1v) is 9.10. The molecule has 19 heavy (non-hydrogen) atoms. The Morgan fingerprint density at radius 1 is 1.42 bits per heavy atom. The molecule has 0 bridgehead atoms. The second-order valence-corrected chi connectivity index (χ2v) is 9.32. The van der Waals surface area contributed by atoms with Crippen LogP contribution >= 0.6 is 27.3 Å². The van der Waals surface area contributed by atoms with Gasteiger partial charge in [-0.1, -0.05) is 0 Å². The molecule has 0 radical (unpaired) electrons. The second kappa shape index (κ2) is 4.83. The number of hydrogen-bond acceptors (Lipinski definition) is 4. The molecule has 2 aliphatic heterocycles. The molecule has 5 nitrogen and oxygen atoms in total. The summed E-state index contributed by atoms with van der Waals surface area (Å²) < 4.78 is 27.9. The fourth-order valence-corrected chi connectivity index (χ4v) is 6.60. The number of sulfonamides is 1. The molecule has 2 atom stereocenters. The third kappa shape index (κ3) is 2.24. The highest BCUT2D eigenvalue weighted by Gasteiger charge is 2.45. The summed E-state index contributed by atoms with van der Waals surface area (Å²) in [4.78, 5) is 11.7. The zero-order valence-electron chi connectivity index (χ0n) is 10.0. The molecule has 2 aliphatic rings. The van der Waals surface area contributed by atoms with Crippen LogP contribution in [-0.2, 0) is 14.8 Å². The molecule has 3 rings (SSSR count). The average Bonchev–Trinajstić information content (AvgIpc) is 2.97. The first-order valence-electron chi connectivity index (χ1n) is 6.05. The predicted molar refractivity (Wildman–Crippen MR) is 75.4 cm³/mol. The van der Waals surface area contributed by atoms with E-state index in [1.165, 1.54) is 15.6 Å². The van der Waals surface area contributed by atoms with E-state index in [-0.39, 0.29) is 17.9 Å². The van der Waals surface area contributed by atoms with Gasteiger partial charge in [-0.15, -0.1) is 11.3 Å². The maximum absolute atomic E-state index is 12.6. The van der Waals surface area contributed by atoms with Crippen LogP contribution in [0.2, 0.25) is 0 Å². The largest absolute Gasteiger partial charge is 0.354 e. The van der Waals surface area contributed by atoms with Crippen LogP contribution in [0.4, 0.5) is 0 Å². The van der Waals surface area contributed by atoms with Crippen molar-refractivity contribution in [3.63, 3.8) is 0 Å². The van der Waals surface area contributed by atoms with Crippen LogP contribution in [-0.4, -0.2) is 37.8 Å². The number of hydrogen-bond donors (Lipinski definition) is 1. The fourth-order valence-electron chi connectivity index (χ4n) is 2.76. The predicted octanol–water partition coefficient (Wildman–Crippen LogP) is 1.41. The van der Waals surface area contributed by atoms with Gasteiger partial charge in [0, 0.05) is 13.1 Å². The van der Waals surface area contributed by atoms with E-state index in [1.54, 1.807) is 12.1 Å². The van der Waals surface area contributed by atoms with E-state index in [4.69, 9.17) is 0 Å². The third-order valence-corrected chi connectivity index (χ3v) is 7.68. The van der Waals surface area contributed by atoms with Crippen molar-refractivity contribution in [3.8, 4) is 0 Å². The van der Waals surface area contributed by atoms with E-state index in [9.17, 15) is 13.2 Å².